The van der Waals surface area contributed by atoms with E-state index in [0.717, 1.165) is 18.6 Å². The van der Waals surface area contributed by atoms with E-state index in [1.807, 2.05) is 0 Å². The first-order valence-electron chi connectivity index (χ1n) is 9.47. The second-order valence-corrected chi connectivity index (χ2v) is 6.66. The Morgan fingerprint density at radius 3 is 2.21 bits per heavy atom. The van der Waals surface area contributed by atoms with Crippen LogP contribution in [0.25, 0.3) is 11.0 Å². The van der Waals surface area contributed by atoms with Gasteiger partial charge in [-0.15, -0.1) is 0 Å². The molecule has 0 saturated carbocycles. The standard InChI is InChI=1S/C21H30O3/c1-2-3-4-5-6-7-8-9-10-11-13-17-16-19(23)21-18(22)14-12-15-20(21)24-17/h12,14-16,22H,2-11,13H2,1H3. The van der Waals surface area contributed by atoms with E-state index in [9.17, 15) is 9.90 Å². The molecule has 0 bridgehead atoms. The highest BCUT2D eigenvalue weighted by atomic mass is 16.3. The molecule has 0 aliphatic rings. The monoisotopic (exact) mass is 330 g/mol. The summed E-state index contributed by atoms with van der Waals surface area (Å²) in [6.45, 7) is 2.25. The van der Waals surface area contributed by atoms with E-state index in [0.29, 0.717) is 5.58 Å². The van der Waals surface area contributed by atoms with Crippen molar-refractivity contribution in [1.29, 1.82) is 0 Å². The molecule has 3 heteroatoms. The number of benzene rings is 1. The predicted octanol–water partition coefficient (Wildman–Crippen LogP) is 5.96. The van der Waals surface area contributed by atoms with Crippen molar-refractivity contribution in [2.45, 2.75) is 77.6 Å². The molecule has 2 rings (SSSR count). The molecule has 0 saturated heterocycles. The fourth-order valence-corrected chi connectivity index (χ4v) is 3.15. The first kappa shape index (κ1) is 18.6. The van der Waals surface area contributed by atoms with Gasteiger partial charge in [0.2, 0.25) is 0 Å². The predicted molar refractivity (Wildman–Crippen MR) is 99.7 cm³/mol. The zero-order valence-electron chi connectivity index (χ0n) is 14.9. The summed E-state index contributed by atoms with van der Waals surface area (Å²) in [4.78, 5) is 12.1. The van der Waals surface area contributed by atoms with Crippen LogP contribution in [0.4, 0.5) is 0 Å². The van der Waals surface area contributed by atoms with E-state index in [-0.39, 0.29) is 16.6 Å². The summed E-state index contributed by atoms with van der Waals surface area (Å²) in [6, 6.07) is 6.47. The fourth-order valence-electron chi connectivity index (χ4n) is 3.15. The summed E-state index contributed by atoms with van der Waals surface area (Å²) in [5, 5.41) is 10.0. The lowest BCUT2D eigenvalue weighted by atomic mass is 10.1. The molecule has 0 atom stereocenters. The number of aromatic hydroxyl groups is 1. The Morgan fingerprint density at radius 1 is 0.917 bits per heavy atom. The van der Waals surface area contributed by atoms with Gasteiger partial charge in [-0.3, -0.25) is 4.79 Å². The second-order valence-electron chi connectivity index (χ2n) is 6.66. The van der Waals surface area contributed by atoms with Crippen LogP contribution < -0.4 is 5.43 Å². The van der Waals surface area contributed by atoms with Crippen LogP contribution in [0.1, 0.15) is 76.9 Å². The third-order valence-corrected chi connectivity index (χ3v) is 4.56. The van der Waals surface area contributed by atoms with Crippen LogP contribution in [-0.4, -0.2) is 5.11 Å². The first-order chi connectivity index (χ1) is 11.7. The summed E-state index contributed by atoms with van der Waals surface area (Å²) < 4.78 is 5.75. The summed E-state index contributed by atoms with van der Waals surface area (Å²) in [5.74, 6) is 0.712. The largest absolute Gasteiger partial charge is 0.507 e. The number of aryl methyl sites for hydroxylation is 1. The molecule has 24 heavy (non-hydrogen) atoms. The van der Waals surface area contributed by atoms with Crippen molar-refractivity contribution in [3.63, 3.8) is 0 Å². The Kier molecular flexibility index (Phi) is 7.87. The molecule has 0 unspecified atom stereocenters. The third-order valence-electron chi connectivity index (χ3n) is 4.56. The van der Waals surface area contributed by atoms with Crippen LogP contribution in [0.2, 0.25) is 0 Å². The van der Waals surface area contributed by atoms with Gasteiger partial charge < -0.3 is 9.52 Å². The normalized spacial score (nSPS) is 11.2. The zero-order chi connectivity index (χ0) is 17.2. The number of phenolic OH excluding ortho intramolecular Hbond substituents is 1. The van der Waals surface area contributed by atoms with Gasteiger partial charge in [-0.2, -0.15) is 0 Å². The molecule has 132 valence electrons. The van der Waals surface area contributed by atoms with Crippen LogP contribution in [-0.2, 0) is 6.42 Å². The highest BCUT2D eigenvalue weighted by molar-refractivity contribution is 5.82. The van der Waals surface area contributed by atoms with Crippen molar-refractivity contribution in [2.75, 3.05) is 0 Å². The lowest BCUT2D eigenvalue weighted by Crippen LogP contribution is -2.02. The van der Waals surface area contributed by atoms with Gasteiger partial charge in [-0.25, -0.2) is 0 Å². The van der Waals surface area contributed by atoms with Crippen molar-refractivity contribution in [3.8, 4) is 5.75 Å². The fraction of sp³-hybridized carbons (Fsp3) is 0.571. The molecule has 2 aromatic rings. The summed E-state index contributed by atoms with van der Waals surface area (Å²) in [6.07, 6.45) is 13.7. The Labute approximate surface area is 144 Å². The number of unbranched alkanes of at least 4 members (excludes halogenated alkanes) is 9. The summed E-state index contributed by atoms with van der Waals surface area (Å²) in [5.41, 5.74) is 0.320. The van der Waals surface area contributed by atoms with E-state index < -0.39 is 0 Å². The van der Waals surface area contributed by atoms with Crippen molar-refractivity contribution in [1.82, 2.24) is 0 Å². The van der Waals surface area contributed by atoms with Gasteiger partial charge in [-0.05, 0) is 18.6 Å². The molecule has 1 aromatic carbocycles. The zero-order valence-corrected chi connectivity index (χ0v) is 14.9. The first-order valence-corrected chi connectivity index (χ1v) is 9.47. The molecule has 3 nitrogen and oxygen atoms in total. The van der Waals surface area contributed by atoms with Crippen LogP contribution in [0.3, 0.4) is 0 Å². The lowest BCUT2D eigenvalue weighted by molar-refractivity contribution is 0.476. The Bertz CT molecular complexity index is 672. The van der Waals surface area contributed by atoms with Crippen molar-refractivity contribution < 1.29 is 9.52 Å². The average Bonchev–Trinajstić information content (AvgIpc) is 2.56. The van der Waals surface area contributed by atoms with Crippen molar-refractivity contribution in [2.24, 2.45) is 0 Å². The topological polar surface area (TPSA) is 50.4 Å². The van der Waals surface area contributed by atoms with Gasteiger partial charge in [0.25, 0.3) is 0 Å². The molecular weight excluding hydrogens is 300 g/mol. The number of hydrogen-bond donors (Lipinski definition) is 1. The average molecular weight is 330 g/mol. The Balaban J connectivity index is 1.68. The maximum absolute atomic E-state index is 12.1. The number of phenols is 1. The SMILES string of the molecule is CCCCCCCCCCCCc1cc(=O)c2c(O)cccc2o1. The van der Waals surface area contributed by atoms with Gasteiger partial charge in [-0.1, -0.05) is 70.8 Å². The summed E-state index contributed by atoms with van der Waals surface area (Å²) >= 11 is 0. The molecular formula is C21H30O3. The number of fused-ring (bicyclic) bond motifs is 1. The number of hydrogen-bond acceptors (Lipinski definition) is 3. The van der Waals surface area contributed by atoms with Gasteiger partial charge >= 0.3 is 0 Å². The minimum absolute atomic E-state index is 0.00765. The minimum atomic E-state index is -0.156. The second kappa shape index (κ2) is 10.2. The molecule has 0 spiro atoms. The Hall–Kier alpha value is -1.77. The Morgan fingerprint density at radius 2 is 1.54 bits per heavy atom. The maximum atomic E-state index is 12.1. The highest BCUT2D eigenvalue weighted by Gasteiger charge is 2.08. The lowest BCUT2D eigenvalue weighted by Gasteiger charge is -2.05. The van der Waals surface area contributed by atoms with E-state index >= 15 is 0 Å². The molecule has 1 N–H and O–H groups in total. The minimum Gasteiger partial charge on any atom is -0.507 e. The molecule has 1 aromatic heterocycles. The van der Waals surface area contributed by atoms with Crippen LogP contribution >= 0.6 is 0 Å². The smallest absolute Gasteiger partial charge is 0.196 e. The van der Waals surface area contributed by atoms with Gasteiger partial charge in [0.1, 0.15) is 22.5 Å². The van der Waals surface area contributed by atoms with Crippen LogP contribution in [0, 0.1) is 0 Å². The highest BCUT2D eigenvalue weighted by Crippen LogP contribution is 2.22. The number of rotatable bonds is 11. The van der Waals surface area contributed by atoms with Gasteiger partial charge in [0.15, 0.2) is 5.43 Å². The van der Waals surface area contributed by atoms with Crippen LogP contribution in [0.15, 0.2) is 33.5 Å². The van der Waals surface area contributed by atoms with Crippen molar-refractivity contribution in [3.05, 3.63) is 40.2 Å². The molecule has 0 amide bonds. The molecule has 0 radical (unpaired) electrons. The molecule has 1 heterocycles. The van der Waals surface area contributed by atoms with Gasteiger partial charge in [0.05, 0.1) is 0 Å². The quantitative estimate of drug-likeness (QED) is 0.517. The summed E-state index contributed by atoms with van der Waals surface area (Å²) in [7, 11) is 0. The van der Waals surface area contributed by atoms with E-state index in [2.05, 4.69) is 6.92 Å². The van der Waals surface area contributed by atoms with E-state index in [1.54, 1.807) is 12.1 Å². The molecule has 0 fully saturated rings. The molecule has 0 aliphatic heterocycles. The third kappa shape index (κ3) is 5.70. The van der Waals surface area contributed by atoms with Crippen LogP contribution in [0.5, 0.6) is 5.75 Å². The van der Waals surface area contributed by atoms with E-state index in [4.69, 9.17) is 4.42 Å². The van der Waals surface area contributed by atoms with Crippen molar-refractivity contribution >= 4 is 11.0 Å². The van der Waals surface area contributed by atoms with E-state index in [1.165, 1.54) is 69.9 Å². The molecule has 0 aliphatic carbocycles. The maximum Gasteiger partial charge on any atom is 0.196 e. The van der Waals surface area contributed by atoms with Gasteiger partial charge in [0, 0.05) is 12.5 Å².